The van der Waals surface area contributed by atoms with Crippen LogP contribution in [0.4, 0.5) is 13.2 Å². The lowest BCUT2D eigenvalue weighted by atomic mass is 10.2. The number of amidine groups is 1. The molecule has 0 amide bonds. The highest BCUT2D eigenvalue weighted by Gasteiger charge is 2.10. The summed E-state index contributed by atoms with van der Waals surface area (Å²) >= 11 is 0. The highest BCUT2D eigenvalue weighted by molar-refractivity contribution is 5.95. The minimum atomic E-state index is -1.29. The third-order valence-corrected chi connectivity index (χ3v) is 1.30. The summed E-state index contributed by atoms with van der Waals surface area (Å²) in [7, 11) is 0. The smallest absolute Gasteiger partial charge is 0.161 e. The molecule has 0 bridgehead atoms. The van der Waals surface area contributed by atoms with Crippen molar-refractivity contribution in [2.24, 2.45) is 5.73 Å². The van der Waals surface area contributed by atoms with Crippen LogP contribution in [0.1, 0.15) is 5.56 Å². The molecule has 12 heavy (non-hydrogen) atoms. The van der Waals surface area contributed by atoms with Crippen LogP contribution in [0.3, 0.4) is 0 Å². The lowest BCUT2D eigenvalue weighted by Crippen LogP contribution is -2.14. The van der Waals surface area contributed by atoms with Gasteiger partial charge in [0.2, 0.25) is 0 Å². The van der Waals surface area contributed by atoms with E-state index in [2.05, 4.69) is 0 Å². The first-order chi connectivity index (χ1) is 5.52. The molecule has 64 valence electrons. The van der Waals surface area contributed by atoms with Crippen LogP contribution in [-0.2, 0) is 0 Å². The maximum atomic E-state index is 12.7. The lowest BCUT2D eigenvalue weighted by Gasteiger charge is -2.00. The van der Waals surface area contributed by atoms with Gasteiger partial charge in [-0.05, 0) is 6.07 Å². The SMILES string of the molecule is N=C(N)c1cc(F)c(F)cc1F. The van der Waals surface area contributed by atoms with E-state index in [0.717, 1.165) is 0 Å². The summed E-state index contributed by atoms with van der Waals surface area (Å²) < 4.78 is 37.4. The zero-order chi connectivity index (χ0) is 9.30. The van der Waals surface area contributed by atoms with Crippen molar-refractivity contribution in [3.05, 3.63) is 35.1 Å². The Morgan fingerprint density at radius 2 is 1.58 bits per heavy atom. The van der Waals surface area contributed by atoms with E-state index in [-0.39, 0.29) is 0 Å². The molecule has 0 aliphatic heterocycles. The number of nitrogen functional groups attached to an aromatic ring is 1. The average molecular weight is 174 g/mol. The van der Waals surface area contributed by atoms with Gasteiger partial charge < -0.3 is 5.73 Å². The molecule has 0 unspecified atom stereocenters. The molecule has 3 N–H and O–H groups in total. The van der Waals surface area contributed by atoms with Crippen LogP contribution in [0, 0.1) is 22.9 Å². The van der Waals surface area contributed by atoms with Gasteiger partial charge in [0.25, 0.3) is 0 Å². The predicted octanol–water partition coefficient (Wildman–Crippen LogP) is 1.39. The number of hydrogen-bond acceptors (Lipinski definition) is 1. The van der Waals surface area contributed by atoms with Crippen molar-refractivity contribution < 1.29 is 13.2 Å². The van der Waals surface area contributed by atoms with Gasteiger partial charge in [0, 0.05) is 6.07 Å². The van der Waals surface area contributed by atoms with E-state index in [1.807, 2.05) is 0 Å². The van der Waals surface area contributed by atoms with Gasteiger partial charge in [0.05, 0.1) is 5.56 Å². The van der Waals surface area contributed by atoms with Gasteiger partial charge in [-0.25, -0.2) is 13.2 Å². The van der Waals surface area contributed by atoms with E-state index < -0.39 is 28.9 Å². The lowest BCUT2D eigenvalue weighted by molar-refractivity contribution is 0.494. The standard InChI is InChI=1S/C7H5F3N2/c8-4-2-6(10)5(9)1-3(4)7(11)12/h1-2H,(H3,11,12). The Labute approximate surface area is 66.3 Å². The molecule has 0 heterocycles. The Hall–Kier alpha value is -1.52. The van der Waals surface area contributed by atoms with E-state index in [1.54, 1.807) is 0 Å². The molecule has 0 aromatic heterocycles. The average Bonchev–Trinajstić information content (AvgIpc) is 1.96. The second-order valence-corrected chi connectivity index (χ2v) is 2.16. The number of rotatable bonds is 1. The third kappa shape index (κ3) is 1.39. The Bertz CT molecular complexity index is 336. The normalized spacial score (nSPS) is 9.92. The molecule has 2 nitrogen and oxygen atoms in total. The van der Waals surface area contributed by atoms with Gasteiger partial charge in [0.15, 0.2) is 11.6 Å². The van der Waals surface area contributed by atoms with Crippen molar-refractivity contribution in [2.75, 3.05) is 0 Å². The molecule has 0 aliphatic rings. The molecule has 0 radical (unpaired) electrons. The number of benzene rings is 1. The van der Waals surface area contributed by atoms with Crippen molar-refractivity contribution in [2.45, 2.75) is 0 Å². The van der Waals surface area contributed by atoms with Crippen LogP contribution in [0.2, 0.25) is 0 Å². The van der Waals surface area contributed by atoms with Crippen LogP contribution in [-0.4, -0.2) is 5.84 Å². The van der Waals surface area contributed by atoms with Gasteiger partial charge in [-0.15, -0.1) is 0 Å². The molecule has 0 aliphatic carbocycles. The fourth-order valence-electron chi connectivity index (χ4n) is 0.729. The van der Waals surface area contributed by atoms with Crippen LogP contribution in [0.25, 0.3) is 0 Å². The van der Waals surface area contributed by atoms with Crippen LogP contribution in [0.5, 0.6) is 0 Å². The maximum Gasteiger partial charge on any atom is 0.161 e. The number of hydrogen-bond donors (Lipinski definition) is 2. The predicted molar refractivity (Wildman–Crippen MR) is 37.3 cm³/mol. The zero-order valence-corrected chi connectivity index (χ0v) is 5.87. The zero-order valence-electron chi connectivity index (χ0n) is 5.87. The Kier molecular flexibility index (Phi) is 2.03. The maximum absolute atomic E-state index is 12.7. The molecular weight excluding hydrogens is 169 g/mol. The Morgan fingerprint density at radius 1 is 1.08 bits per heavy atom. The molecule has 0 saturated heterocycles. The van der Waals surface area contributed by atoms with Gasteiger partial charge in [0.1, 0.15) is 11.7 Å². The highest BCUT2D eigenvalue weighted by atomic mass is 19.2. The van der Waals surface area contributed by atoms with Gasteiger partial charge >= 0.3 is 0 Å². The summed E-state index contributed by atoms with van der Waals surface area (Å²) in [5.74, 6) is -4.19. The molecule has 0 spiro atoms. The second-order valence-electron chi connectivity index (χ2n) is 2.16. The van der Waals surface area contributed by atoms with Crippen LogP contribution >= 0.6 is 0 Å². The molecular formula is C7H5F3N2. The van der Waals surface area contributed by atoms with E-state index >= 15 is 0 Å². The summed E-state index contributed by atoms with van der Waals surface area (Å²) in [6.45, 7) is 0. The van der Waals surface area contributed by atoms with Gasteiger partial charge in [-0.1, -0.05) is 0 Å². The van der Waals surface area contributed by atoms with Crippen molar-refractivity contribution in [1.29, 1.82) is 5.41 Å². The summed E-state index contributed by atoms with van der Waals surface area (Å²) in [6.07, 6.45) is 0. The first-order valence-corrected chi connectivity index (χ1v) is 3.01. The topological polar surface area (TPSA) is 49.9 Å². The molecule has 0 saturated carbocycles. The quantitative estimate of drug-likeness (QED) is 0.377. The van der Waals surface area contributed by atoms with Crippen molar-refractivity contribution in [3.8, 4) is 0 Å². The van der Waals surface area contributed by atoms with Crippen LogP contribution in [0.15, 0.2) is 12.1 Å². The first-order valence-electron chi connectivity index (χ1n) is 3.01. The van der Waals surface area contributed by atoms with E-state index in [1.165, 1.54) is 0 Å². The fraction of sp³-hybridized carbons (Fsp3) is 0. The van der Waals surface area contributed by atoms with Crippen molar-refractivity contribution in [3.63, 3.8) is 0 Å². The summed E-state index contributed by atoms with van der Waals surface area (Å²) in [6, 6.07) is 0.902. The van der Waals surface area contributed by atoms with E-state index in [9.17, 15) is 13.2 Å². The molecule has 1 aromatic rings. The van der Waals surface area contributed by atoms with Crippen molar-refractivity contribution in [1.82, 2.24) is 0 Å². The van der Waals surface area contributed by atoms with Crippen molar-refractivity contribution >= 4 is 5.84 Å². The molecule has 0 fully saturated rings. The summed E-state index contributed by atoms with van der Waals surface area (Å²) in [4.78, 5) is 0. The van der Waals surface area contributed by atoms with Gasteiger partial charge in [-0.3, -0.25) is 5.41 Å². The Balaban J connectivity index is 3.33. The minimum Gasteiger partial charge on any atom is -0.384 e. The summed E-state index contributed by atoms with van der Waals surface area (Å²) in [5.41, 5.74) is 4.45. The second kappa shape index (κ2) is 2.84. The number of nitrogens with two attached hydrogens (primary N) is 1. The van der Waals surface area contributed by atoms with Gasteiger partial charge in [-0.2, -0.15) is 0 Å². The van der Waals surface area contributed by atoms with E-state index in [0.29, 0.717) is 12.1 Å². The molecule has 0 atom stereocenters. The highest BCUT2D eigenvalue weighted by Crippen LogP contribution is 2.12. The molecule has 5 heteroatoms. The molecule has 1 aromatic carbocycles. The summed E-state index contributed by atoms with van der Waals surface area (Å²) in [5, 5.41) is 6.79. The monoisotopic (exact) mass is 174 g/mol. The largest absolute Gasteiger partial charge is 0.384 e. The minimum absolute atomic E-state index is 0.353. The number of nitrogens with one attached hydrogen (secondary N) is 1. The first kappa shape index (κ1) is 8.58. The molecule has 1 rings (SSSR count). The fourth-order valence-corrected chi connectivity index (χ4v) is 0.729. The third-order valence-electron chi connectivity index (χ3n) is 1.30. The van der Waals surface area contributed by atoms with Crippen LogP contribution < -0.4 is 5.73 Å². The number of halogens is 3. The van der Waals surface area contributed by atoms with E-state index in [4.69, 9.17) is 11.1 Å². The Morgan fingerprint density at radius 3 is 2.08 bits per heavy atom.